The van der Waals surface area contributed by atoms with Gasteiger partial charge in [-0.3, -0.25) is 9.78 Å². The number of hydrogen-bond donors (Lipinski definition) is 2. The monoisotopic (exact) mass is 448 g/mol. The van der Waals surface area contributed by atoms with Gasteiger partial charge in [0.15, 0.2) is 0 Å². The van der Waals surface area contributed by atoms with Crippen molar-refractivity contribution in [1.82, 2.24) is 10.3 Å². The van der Waals surface area contributed by atoms with E-state index in [1.54, 1.807) is 54.7 Å². The van der Waals surface area contributed by atoms with Gasteiger partial charge >= 0.3 is 0 Å². The van der Waals surface area contributed by atoms with Gasteiger partial charge in [0, 0.05) is 29.6 Å². The van der Waals surface area contributed by atoms with Crippen LogP contribution in [-0.2, 0) is 5.92 Å². The summed E-state index contributed by atoms with van der Waals surface area (Å²) in [5.74, 6) is -2.29. The van der Waals surface area contributed by atoms with E-state index in [0.717, 1.165) is 17.7 Å². The number of benzene rings is 3. The molecule has 1 unspecified atom stereocenters. The SMILES string of the molecule is CC(F)(F)c1ccc(Oc2cccc3cc(C(=O)NC(CO)c4ccccn4)ccc23)cc1. The van der Waals surface area contributed by atoms with Gasteiger partial charge in [0.1, 0.15) is 11.5 Å². The number of nitrogens with one attached hydrogen (secondary N) is 1. The van der Waals surface area contributed by atoms with Crippen LogP contribution >= 0.6 is 0 Å². The molecule has 0 fully saturated rings. The molecule has 168 valence electrons. The molecule has 5 nitrogen and oxygen atoms in total. The summed E-state index contributed by atoms with van der Waals surface area (Å²) in [5.41, 5.74) is 0.899. The molecule has 33 heavy (non-hydrogen) atoms. The Morgan fingerprint density at radius 2 is 1.85 bits per heavy atom. The largest absolute Gasteiger partial charge is 0.457 e. The summed E-state index contributed by atoms with van der Waals surface area (Å²) < 4.78 is 32.8. The van der Waals surface area contributed by atoms with E-state index in [1.807, 2.05) is 6.07 Å². The second-order valence-corrected chi connectivity index (χ2v) is 7.67. The molecule has 2 N–H and O–H groups in total. The highest BCUT2D eigenvalue weighted by Gasteiger charge is 2.23. The van der Waals surface area contributed by atoms with Gasteiger partial charge in [-0.2, -0.15) is 0 Å². The molecule has 0 saturated carbocycles. The average molecular weight is 448 g/mol. The van der Waals surface area contributed by atoms with Crippen LogP contribution < -0.4 is 10.1 Å². The number of aliphatic hydroxyl groups excluding tert-OH is 1. The zero-order chi connectivity index (χ0) is 23.4. The summed E-state index contributed by atoms with van der Waals surface area (Å²) in [7, 11) is 0. The van der Waals surface area contributed by atoms with Gasteiger partial charge in [-0.25, -0.2) is 8.78 Å². The Hall–Kier alpha value is -3.84. The third-order valence-electron chi connectivity index (χ3n) is 5.22. The predicted octanol–water partition coefficient (Wildman–Crippen LogP) is 5.60. The Balaban J connectivity index is 1.55. The van der Waals surface area contributed by atoms with E-state index in [1.165, 1.54) is 24.3 Å². The van der Waals surface area contributed by atoms with E-state index in [9.17, 15) is 18.7 Å². The third-order valence-corrected chi connectivity index (χ3v) is 5.22. The molecule has 4 aromatic rings. The van der Waals surface area contributed by atoms with E-state index in [0.29, 0.717) is 22.8 Å². The first kappa shape index (κ1) is 22.4. The fraction of sp³-hybridized carbons (Fsp3) is 0.154. The highest BCUT2D eigenvalue weighted by molar-refractivity contribution is 6.00. The fourth-order valence-corrected chi connectivity index (χ4v) is 3.46. The molecule has 0 bridgehead atoms. The zero-order valence-electron chi connectivity index (χ0n) is 17.8. The number of nitrogens with zero attached hydrogens (tertiary/aromatic N) is 1. The molecule has 1 aromatic heterocycles. The molecule has 0 aliphatic heterocycles. The Bertz CT molecular complexity index is 1260. The lowest BCUT2D eigenvalue weighted by molar-refractivity contribution is 0.0174. The quantitative estimate of drug-likeness (QED) is 0.386. The standard InChI is InChI=1S/C26H22F2N2O3/c1-26(27,28)19-9-11-20(12-10-19)33-24-7-4-5-17-15-18(8-13-21(17)24)25(32)30-23(16-31)22-6-2-3-14-29-22/h2-15,23,31H,16H2,1H3,(H,30,32). The molecule has 0 saturated heterocycles. The second kappa shape index (κ2) is 9.34. The van der Waals surface area contributed by atoms with E-state index in [-0.39, 0.29) is 18.1 Å². The number of hydrogen-bond acceptors (Lipinski definition) is 4. The first-order valence-corrected chi connectivity index (χ1v) is 10.4. The number of aliphatic hydroxyl groups is 1. The summed E-state index contributed by atoms with van der Waals surface area (Å²) in [6.07, 6.45) is 1.60. The number of halogens is 2. The lowest BCUT2D eigenvalue weighted by Gasteiger charge is -2.16. The molecule has 1 amide bonds. The lowest BCUT2D eigenvalue weighted by atomic mass is 10.0. The van der Waals surface area contributed by atoms with Crippen LogP contribution in [-0.4, -0.2) is 22.6 Å². The minimum absolute atomic E-state index is 0.0877. The summed E-state index contributed by atoms with van der Waals surface area (Å²) in [4.78, 5) is 17.0. The maximum absolute atomic E-state index is 13.4. The maximum Gasteiger partial charge on any atom is 0.270 e. The van der Waals surface area contributed by atoms with Crippen LogP contribution in [0, 0.1) is 0 Å². The Morgan fingerprint density at radius 1 is 1.06 bits per heavy atom. The summed E-state index contributed by atoms with van der Waals surface area (Å²) in [6.45, 7) is 0.567. The van der Waals surface area contributed by atoms with Crippen LogP contribution in [0.25, 0.3) is 10.8 Å². The predicted molar refractivity (Wildman–Crippen MR) is 122 cm³/mol. The third kappa shape index (κ3) is 5.15. The number of carbonyl (C=O) groups excluding carboxylic acids is 1. The Morgan fingerprint density at radius 3 is 2.52 bits per heavy atom. The highest BCUT2D eigenvalue weighted by Crippen LogP contribution is 2.33. The normalized spacial score (nSPS) is 12.4. The molecule has 1 heterocycles. The first-order valence-electron chi connectivity index (χ1n) is 10.4. The van der Waals surface area contributed by atoms with Crippen molar-refractivity contribution in [2.45, 2.75) is 18.9 Å². The van der Waals surface area contributed by atoms with Gasteiger partial charge in [-0.15, -0.1) is 0 Å². The average Bonchev–Trinajstić information content (AvgIpc) is 2.82. The molecular weight excluding hydrogens is 426 g/mol. The summed E-state index contributed by atoms with van der Waals surface area (Å²) in [6, 6.07) is 20.9. The van der Waals surface area contributed by atoms with Crippen LogP contribution in [0.4, 0.5) is 8.78 Å². The van der Waals surface area contributed by atoms with Gasteiger partial charge in [0.2, 0.25) is 0 Å². The zero-order valence-corrected chi connectivity index (χ0v) is 17.8. The minimum atomic E-state index is -2.92. The number of fused-ring (bicyclic) bond motifs is 1. The lowest BCUT2D eigenvalue weighted by Crippen LogP contribution is -2.31. The minimum Gasteiger partial charge on any atom is -0.457 e. The maximum atomic E-state index is 13.4. The van der Waals surface area contributed by atoms with Crippen molar-refractivity contribution in [2.75, 3.05) is 6.61 Å². The van der Waals surface area contributed by atoms with Crippen LogP contribution in [0.2, 0.25) is 0 Å². The molecule has 1 atom stereocenters. The Kier molecular flexibility index (Phi) is 6.33. The number of ether oxygens (including phenoxy) is 1. The number of aromatic nitrogens is 1. The molecule has 0 aliphatic rings. The summed E-state index contributed by atoms with van der Waals surface area (Å²) in [5, 5.41) is 14.0. The second-order valence-electron chi connectivity index (χ2n) is 7.67. The molecule has 7 heteroatoms. The van der Waals surface area contributed by atoms with Crippen LogP contribution in [0.15, 0.2) is 85.1 Å². The first-order chi connectivity index (χ1) is 15.8. The van der Waals surface area contributed by atoms with Crippen molar-refractivity contribution in [1.29, 1.82) is 0 Å². The van der Waals surface area contributed by atoms with E-state index in [2.05, 4.69) is 10.3 Å². The van der Waals surface area contributed by atoms with E-state index >= 15 is 0 Å². The van der Waals surface area contributed by atoms with Gasteiger partial charge in [0.25, 0.3) is 11.8 Å². The van der Waals surface area contributed by atoms with Gasteiger partial charge in [-0.05, 0) is 66.0 Å². The van der Waals surface area contributed by atoms with E-state index in [4.69, 9.17) is 4.74 Å². The van der Waals surface area contributed by atoms with Gasteiger partial charge < -0.3 is 15.2 Å². The summed E-state index contributed by atoms with van der Waals surface area (Å²) >= 11 is 0. The number of rotatable bonds is 7. The molecule has 0 aliphatic carbocycles. The highest BCUT2D eigenvalue weighted by atomic mass is 19.3. The van der Waals surface area contributed by atoms with Crippen LogP contribution in [0.1, 0.15) is 34.6 Å². The van der Waals surface area contributed by atoms with Crippen LogP contribution in [0.5, 0.6) is 11.5 Å². The molecule has 0 spiro atoms. The van der Waals surface area contributed by atoms with Crippen molar-refractivity contribution >= 4 is 16.7 Å². The van der Waals surface area contributed by atoms with Crippen molar-refractivity contribution in [3.8, 4) is 11.5 Å². The van der Waals surface area contributed by atoms with Crippen molar-refractivity contribution in [2.24, 2.45) is 0 Å². The van der Waals surface area contributed by atoms with Crippen molar-refractivity contribution < 1.29 is 23.4 Å². The van der Waals surface area contributed by atoms with Crippen molar-refractivity contribution in [3.05, 3.63) is 102 Å². The number of alkyl halides is 2. The molecule has 3 aromatic carbocycles. The number of amides is 1. The fourth-order valence-electron chi connectivity index (χ4n) is 3.46. The topological polar surface area (TPSA) is 71.5 Å². The molecular formula is C26H22F2N2O3. The van der Waals surface area contributed by atoms with E-state index < -0.39 is 12.0 Å². The number of pyridine rings is 1. The molecule has 0 radical (unpaired) electrons. The Labute approximate surface area is 189 Å². The molecule has 4 rings (SSSR count). The van der Waals surface area contributed by atoms with Crippen molar-refractivity contribution in [3.63, 3.8) is 0 Å². The van der Waals surface area contributed by atoms with Gasteiger partial charge in [0.05, 0.1) is 18.3 Å². The van der Waals surface area contributed by atoms with Gasteiger partial charge in [-0.1, -0.05) is 18.2 Å². The van der Waals surface area contributed by atoms with Crippen LogP contribution in [0.3, 0.4) is 0 Å². The number of carbonyl (C=O) groups is 1. The smallest absolute Gasteiger partial charge is 0.270 e.